The minimum Gasteiger partial charge on any atom is -0.384 e. The molecule has 0 aliphatic carbocycles. The molecule has 0 aliphatic rings. The van der Waals surface area contributed by atoms with Gasteiger partial charge in [0.2, 0.25) is 0 Å². The lowest BCUT2D eigenvalue weighted by atomic mass is 10.0. The van der Waals surface area contributed by atoms with E-state index in [9.17, 15) is 18.3 Å². The van der Waals surface area contributed by atoms with Crippen LogP contribution in [0.25, 0.3) is 0 Å². The van der Waals surface area contributed by atoms with Crippen LogP contribution in [0, 0.1) is 21.0 Å². The minimum absolute atomic E-state index is 0.0408. The molecule has 5 heteroatoms. The van der Waals surface area contributed by atoms with Crippen LogP contribution in [0.5, 0.6) is 0 Å². The summed E-state index contributed by atoms with van der Waals surface area (Å²) in [5.41, 5.74) is 0.337. The van der Waals surface area contributed by atoms with E-state index in [1.807, 2.05) is 22.6 Å². The molecule has 1 nitrogen and oxygen atoms in total. The second-order valence-corrected chi connectivity index (χ2v) is 4.90. The van der Waals surface area contributed by atoms with Gasteiger partial charge in [-0.15, -0.1) is 0 Å². The van der Waals surface area contributed by atoms with Gasteiger partial charge in [-0.1, -0.05) is 12.1 Å². The Morgan fingerprint density at radius 3 is 2.00 bits per heavy atom. The van der Waals surface area contributed by atoms with E-state index in [0.717, 1.165) is 6.07 Å². The van der Waals surface area contributed by atoms with Crippen molar-refractivity contribution in [3.63, 3.8) is 0 Å². The molecule has 1 N–H and O–H groups in total. The molecule has 2 rings (SSSR count). The zero-order chi connectivity index (χ0) is 13.3. The Morgan fingerprint density at radius 1 is 0.889 bits per heavy atom. The summed E-state index contributed by atoms with van der Waals surface area (Å²) >= 11 is 1.85. The molecule has 2 aromatic rings. The Kier molecular flexibility index (Phi) is 3.91. The molecule has 0 radical (unpaired) electrons. The maximum atomic E-state index is 13.5. The van der Waals surface area contributed by atoms with Crippen LogP contribution in [0.2, 0.25) is 0 Å². The van der Waals surface area contributed by atoms with E-state index in [1.165, 1.54) is 24.3 Å². The van der Waals surface area contributed by atoms with Gasteiger partial charge in [-0.2, -0.15) is 0 Å². The van der Waals surface area contributed by atoms with Gasteiger partial charge in [0.15, 0.2) is 0 Å². The highest BCUT2D eigenvalue weighted by Gasteiger charge is 2.18. The summed E-state index contributed by atoms with van der Waals surface area (Å²) in [6, 6.07) is 6.75. The van der Waals surface area contributed by atoms with Crippen LogP contribution in [-0.4, -0.2) is 5.11 Å². The van der Waals surface area contributed by atoms with Crippen LogP contribution in [0.15, 0.2) is 36.4 Å². The highest BCUT2D eigenvalue weighted by Crippen LogP contribution is 2.28. The number of benzene rings is 2. The number of hydrogen-bond acceptors (Lipinski definition) is 1. The van der Waals surface area contributed by atoms with Crippen molar-refractivity contribution in [2.75, 3.05) is 0 Å². The van der Waals surface area contributed by atoms with Gasteiger partial charge >= 0.3 is 0 Å². The Morgan fingerprint density at radius 2 is 1.44 bits per heavy atom. The molecule has 0 saturated carbocycles. The molecule has 0 amide bonds. The van der Waals surface area contributed by atoms with Gasteiger partial charge in [-0.25, -0.2) is 13.2 Å². The summed E-state index contributed by atoms with van der Waals surface area (Å²) < 4.78 is 39.7. The first-order valence-electron chi connectivity index (χ1n) is 5.07. The van der Waals surface area contributed by atoms with E-state index in [-0.39, 0.29) is 5.56 Å². The SMILES string of the molecule is OC(c1ccc(F)cc1F)c1ccc(F)cc1I. The quantitative estimate of drug-likeness (QED) is 0.805. The summed E-state index contributed by atoms with van der Waals surface area (Å²) in [5, 5.41) is 10.0. The Bertz CT molecular complexity index is 535. The lowest BCUT2D eigenvalue weighted by Crippen LogP contribution is -2.05. The van der Waals surface area contributed by atoms with Crippen molar-refractivity contribution >= 4 is 22.6 Å². The third-order valence-electron chi connectivity index (χ3n) is 2.51. The molecule has 1 unspecified atom stereocenters. The maximum Gasteiger partial charge on any atom is 0.132 e. The second-order valence-electron chi connectivity index (χ2n) is 3.73. The van der Waals surface area contributed by atoms with Gasteiger partial charge in [0, 0.05) is 15.2 Å². The summed E-state index contributed by atoms with van der Waals surface area (Å²) in [5.74, 6) is -1.98. The molecule has 2 aromatic carbocycles. The van der Waals surface area contributed by atoms with Crippen LogP contribution in [0.4, 0.5) is 13.2 Å². The Balaban J connectivity index is 2.44. The first kappa shape index (κ1) is 13.4. The average molecular weight is 364 g/mol. The van der Waals surface area contributed by atoms with Crippen LogP contribution in [-0.2, 0) is 0 Å². The van der Waals surface area contributed by atoms with E-state index >= 15 is 0 Å². The summed E-state index contributed by atoms with van der Waals surface area (Å²) in [4.78, 5) is 0. The van der Waals surface area contributed by atoms with E-state index in [4.69, 9.17) is 0 Å². The monoisotopic (exact) mass is 364 g/mol. The van der Waals surface area contributed by atoms with Crippen molar-refractivity contribution in [3.05, 3.63) is 68.5 Å². The van der Waals surface area contributed by atoms with E-state index in [0.29, 0.717) is 15.2 Å². The summed E-state index contributed by atoms with van der Waals surface area (Å²) in [7, 11) is 0. The third kappa shape index (κ3) is 2.67. The molecule has 0 fully saturated rings. The smallest absolute Gasteiger partial charge is 0.132 e. The molecule has 0 aliphatic heterocycles. The van der Waals surface area contributed by atoms with Gasteiger partial charge in [0.25, 0.3) is 0 Å². The van der Waals surface area contributed by atoms with Crippen LogP contribution in [0.3, 0.4) is 0 Å². The van der Waals surface area contributed by atoms with Gasteiger partial charge in [0.05, 0.1) is 0 Å². The number of aliphatic hydroxyl groups is 1. The Labute approximate surface area is 115 Å². The highest BCUT2D eigenvalue weighted by molar-refractivity contribution is 14.1. The molecule has 18 heavy (non-hydrogen) atoms. The lowest BCUT2D eigenvalue weighted by molar-refractivity contribution is 0.213. The zero-order valence-corrected chi connectivity index (χ0v) is 11.2. The molecule has 0 bridgehead atoms. The number of aliphatic hydroxyl groups excluding tert-OH is 1. The fourth-order valence-electron chi connectivity index (χ4n) is 1.61. The molecule has 0 saturated heterocycles. The van der Waals surface area contributed by atoms with E-state index in [1.54, 1.807) is 0 Å². The van der Waals surface area contributed by atoms with Crippen LogP contribution >= 0.6 is 22.6 Å². The van der Waals surface area contributed by atoms with Gasteiger partial charge in [-0.3, -0.25) is 0 Å². The largest absolute Gasteiger partial charge is 0.384 e. The lowest BCUT2D eigenvalue weighted by Gasteiger charge is -2.14. The summed E-state index contributed by atoms with van der Waals surface area (Å²) in [6.45, 7) is 0. The first-order valence-corrected chi connectivity index (χ1v) is 6.15. The van der Waals surface area contributed by atoms with Crippen molar-refractivity contribution in [2.45, 2.75) is 6.10 Å². The van der Waals surface area contributed by atoms with Crippen molar-refractivity contribution in [1.29, 1.82) is 0 Å². The van der Waals surface area contributed by atoms with Gasteiger partial charge < -0.3 is 5.11 Å². The van der Waals surface area contributed by atoms with Crippen molar-refractivity contribution in [1.82, 2.24) is 0 Å². The molecular weight excluding hydrogens is 356 g/mol. The fourth-order valence-corrected chi connectivity index (χ4v) is 2.39. The van der Waals surface area contributed by atoms with Crippen molar-refractivity contribution in [3.8, 4) is 0 Å². The number of rotatable bonds is 2. The predicted molar refractivity (Wildman–Crippen MR) is 69.5 cm³/mol. The van der Waals surface area contributed by atoms with Crippen LogP contribution in [0.1, 0.15) is 17.2 Å². The molecule has 94 valence electrons. The maximum absolute atomic E-state index is 13.5. The fraction of sp³-hybridized carbons (Fsp3) is 0.0769. The van der Waals surface area contributed by atoms with Crippen LogP contribution < -0.4 is 0 Å². The van der Waals surface area contributed by atoms with Crippen molar-refractivity contribution < 1.29 is 18.3 Å². The number of halogens is 4. The summed E-state index contributed by atoms with van der Waals surface area (Å²) in [6.07, 6.45) is -1.25. The predicted octanol–water partition coefficient (Wildman–Crippen LogP) is 3.79. The molecule has 0 heterocycles. The minimum atomic E-state index is -1.25. The van der Waals surface area contributed by atoms with E-state index in [2.05, 4.69) is 0 Å². The molecular formula is C13H8F3IO. The third-order valence-corrected chi connectivity index (χ3v) is 3.45. The average Bonchev–Trinajstić information content (AvgIpc) is 2.28. The van der Waals surface area contributed by atoms with Gasteiger partial charge in [0.1, 0.15) is 23.6 Å². The molecule has 0 aromatic heterocycles. The molecule has 1 atom stereocenters. The van der Waals surface area contributed by atoms with Crippen molar-refractivity contribution in [2.24, 2.45) is 0 Å². The molecule has 0 spiro atoms. The first-order chi connectivity index (χ1) is 8.49. The topological polar surface area (TPSA) is 20.2 Å². The standard InChI is InChI=1S/C13H8F3IO/c14-7-1-3-9(11(16)5-7)13(18)10-4-2-8(15)6-12(10)17/h1-6,13,18H. The Hall–Kier alpha value is -1.08. The van der Waals surface area contributed by atoms with Gasteiger partial charge in [-0.05, 0) is 46.4 Å². The van der Waals surface area contributed by atoms with E-state index < -0.39 is 23.6 Å². The number of hydrogen-bond donors (Lipinski definition) is 1. The normalized spacial score (nSPS) is 12.5. The second kappa shape index (κ2) is 5.27. The highest BCUT2D eigenvalue weighted by atomic mass is 127. The zero-order valence-electron chi connectivity index (χ0n) is 9.00.